The van der Waals surface area contributed by atoms with E-state index in [2.05, 4.69) is 22.1 Å². The molecule has 0 saturated carbocycles. The van der Waals surface area contributed by atoms with E-state index in [9.17, 15) is 9.18 Å². The summed E-state index contributed by atoms with van der Waals surface area (Å²) in [5, 5.41) is 2.63. The lowest BCUT2D eigenvalue weighted by atomic mass is 10.2. The predicted molar refractivity (Wildman–Crippen MR) is 69.8 cm³/mol. The second kappa shape index (κ2) is 6.31. The Hall–Kier alpha value is -2.67. The van der Waals surface area contributed by atoms with Gasteiger partial charge in [0.15, 0.2) is 0 Å². The van der Waals surface area contributed by atoms with Gasteiger partial charge in [0.2, 0.25) is 0 Å². The maximum Gasteiger partial charge on any atom is 0.252 e. The van der Waals surface area contributed by atoms with Crippen LogP contribution < -0.4 is 5.32 Å². The highest BCUT2D eigenvalue weighted by Crippen LogP contribution is 2.03. The van der Waals surface area contributed by atoms with Gasteiger partial charge in [0.25, 0.3) is 5.91 Å². The Morgan fingerprint density at radius 2 is 1.95 bits per heavy atom. The van der Waals surface area contributed by atoms with E-state index in [-0.39, 0.29) is 18.3 Å². The Morgan fingerprint density at radius 1 is 1.21 bits per heavy atom. The lowest BCUT2D eigenvalue weighted by molar-refractivity contribution is 0.0958. The molecule has 19 heavy (non-hydrogen) atoms. The van der Waals surface area contributed by atoms with E-state index < -0.39 is 0 Å². The molecule has 2 aromatic rings. The maximum atomic E-state index is 13.2. The normalized spacial score (nSPS) is 9.32. The highest BCUT2D eigenvalue weighted by Gasteiger charge is 2.01. The molecule has 0 aliphatic carbocycles. The van der Waals surface area contributed by atoms with E-state index in [0.29, 0.717) is 11.1 Å². The van der Waals surface area contributed by atoms with Crippen molar-refractivity contribution in [3.8, 4) is 11.8 Å². The molecular weight excluding hydrogens is 243 g/mol. The van der Waals surface area contributed by atoms with Crippen LogP contribution in [-0.4, -0.2) is 17.4 Å². The molecule has 0 unspecified atom stereocenters. The monoisotopic (exact) mass is 254 g/mol. The fourth-order valence-electron chi connectivity index (χ4n) is 1.43. The fourth-order valence-corrected chi connectivity index (χ4v) is 1.43. The summed E-state index contributed by atoms with van der Waals surface area (Å²) in [5.41, 5.74) is 0.836. The van der Waals surface area contributed by atoms with Crippen LogP contribution in [0.15, 0.2) is 48.8 Å². The Bertz CT molecular complexity index is 629. The molecule has 0 bridgehead atoms. The number of benzene rings is 1. The zero-order valence-corrected chi connectivity index (χ0v) is 10.1. The Kier molecular flexibility index (Phi) is 4.25. The van der Waals surface area contributed by atoms with Crippen molar-refractivity contribution < 1.29 is 9.18 Å². The highest BCUT2D eigenvalue weighted by molar-refractivity contribution is 5.94. The number of hydrogen-bond donors (Lipinski definition) is 1. The standard InChI is InChI=1S/C15H11FN2O/c16-14-6-2-1-4-12(14)5-3-9-18-15(19)13-7-10-17-11-8-13/h1-2,4,6-8,10-11H,9H2,(H,18,19). The number of aromatic nitrogens is 1. The third-order valence-electron chi connectivity index (χ3n) is 2.38. The molecule has 1 N–H and O–H groups in total. The number of halogens is 1. The minimum Gasteiger partial charge on any atom is -0.341 e. The molecule has 0 radical (unpaired) electrons. The van der Waals surface area contributed by atoms with Crippen LogP contribution in [0.4, 0.5) is 4.39 Å². The minimum absolute atomic E-state index is 0.162. The average Bonchev–Trinajstić information content (AvgIpc) is 2.46. The quantitative estimate of drug-likeness (QED) is 0.833. The van der Waals surface area contributed by atoms with Crippen molar-refractivity contribution in [3.05, 3.63) is 65.7 Å². The van der Waals surface area contributed by atoms with Gasteiger partial charge in [-0.1, -0.05) is 24.0 Å². The van der Waals surface area contributed by atoms with Crippen LogP contribution in [0.5, 0.6) is 0 Å². The number of amides is 1. The summed E-state index contributed by atoms with van der Waals surface area (Å²) in [6.07, 6.45) is 3.08. The molecule has 1 aromatic heterocycles. The maximum absolute atomic E-state index is 13.2. The zero-order valence-electron chi connectivity index (χ0n) is 10.1. The molecule has 3 nitrogen and oxygen atoms in total. The molecule has 1 amide bonds. The van der Waals surface area contributed by atoms with Crippen LogP contribution in [0.25, 0.3) is 0 Å². The molecule has 0 spiro atoms. The molecule has 1 aromatic carbocycles. The summed E-state index contributed by atoms with van der Waals surface area (Å²) in [6.45, 7) is 0.162. The van der Waals surface area contributed by atoms with Gasteiger partial charge >= 0.3 is 0 Å². The van der Waals surface area contributed by atoms with Gasteiger partial charge in [-0.25, -0.2) is 4.39 Å². The van der Waals surface area contributed by atoms with Crippen LogP contribution in [0.2, 0.25) is 0 Å². The summed E-state index contributed by atoms with van der Waals surface area (Å²) < 4.78 is 13.2. The van der Waals surface area contributed by atoms with Gasteiger partial charge in [-0.2, -0.15) is 0 Å². The highest BCUT2D eigenvalue weighted by atomic mass is 19.1. The van der Waals surface area contributed by atoms with E-state index >= 15 is 0 Å². The van der Waals surface area contributed by atoms with Gasteiger partial charge in [0, 0.05) is 18.0 Å². The third-order valence-corrected chi connectivity index (χ3v) is 2.38. The van der Waals surface area contributed by atoms with Crippen LogP contribution in [0.3, 0.4) is 0 Å². The molecule has 0 aliphatic rings. The number of rotatable bonds is 2. The summed E-state index contributed by atoms with van der Waals surface area (Å²) in [7, 11) is 0. The number of nitrogens with zero attached hydrogens (tertiary/aromatic N) is 1. The summed E-state index contributed by atoms with van der Waals surface area (Å²) >= 11 is 0. The average molecular weight is 254 g/mol. The van der Waals surface area contributed by atoms with Crippen molar-refractivity contribution in [1.82, 2.24) is 10.3 Å². The van der Waals surface area contributed by atoms with E-state index in [1.54, 1.807) is 42.7 Å². The van der Waals surface area contributed by atoms with Crippen molar-refractivity contribution >= 4 is 5.91 Å². The van der Waals surface area contributed by atoms with Crippen molar-refractivity contribution in [2.24, 2.45) is 0 Å². The van der Waals surface area contributed by atoms with Gasteiger partial charge < -0.3 is 5.32 Å². The number of hydrogen-bond acceptors (Lipinski definition) is 2. The molecule has 0 aliphatic heterocycles. The predicted octanol–water partition coefficient (Wildman–Crippen LogP) is 2.00. The number of carbonyl (C=O) groups excluding carboxylic acids is 1. The van der Waals surface area contributed by atoms with Gasteiger partial charge in [-0.15, -0.1) is 0 Å². The molecular formula is C15H11FN2O. The van der Waals surface area contributed by atoms with Crippen molar-refractivity contribution in [2.45, 2.75) is 0 Å². The Labute approximate surface area is 110 Å². The summed E-state index contributed by atoms with van der Waals surface area (Å²) in [6, 6.07) is 9.47. The van der Waals surface area contributed by atoms with E-state index in [1.165, 1.54) is 6.07 Å². The molecule has 2 rings (SSSR count). The second-order valence-corrected chi connectivity index (χ2v) is 3.70. The molecule has 0 fully saturated rings. The van der Waals surface area contributed by atoms with Crippen LogP contribution in [0.1, 0.15) is 15.9 Å². The second-order valence-electron chi connectivity index (χ2n) is 3.70. The van der Waals surface area contributed by atoms with Gasteiger partial charge in [-0.05, 0) is 24.3 Å². The van der Waals surface area contributed by atoms with Gasteiger partial charge in [0.05, 0.1) is 12.1 Å². The first-order valence-electron chi connectivity index (χ1n) is 5.69. The SMILES string of the molecule is O=C(NCC#Cc1ccccc1F)c1ccncc1. The summed E-state index contributed by atoms with van der Waals surface area (Å²) in [5.74, 6) is 4.78. The topological polar surface area (TPSA) is 42.0 Å². The van der Waals surface area contributed by atoms with Crippen LogP contribution >= 0.6 is 0 Å². The van der Waals surface area contributed by atoms with Crippen molar-refractivity contribution in [2.75, 3.05) is 6.54 Å². The number of carbonyl (C=O) groups is 1. The first-order valence-corrected chi connectivity index (χ1v) is 5.69. The van der Waals surface area contributed by atoms with Crippen LogP contribution in [0, 0.1) is 17.7 Å². The van der Waals surface area contributed by atoms with E-state index in [4.69, 9.17) is 0 Å². The Morgan fingerprint density at radius 3 is 2.68 bits per heavy atom. The van der Waals surface area contributed by atoms with Gasteiger partial charge in [0.1, 0.15) is 5.82 Å². The smallest absolute Gasteiger partial charge is 0.252 e. The fraction of sp³-hybridized carbons (Fsp3) is 0.0667. The lowest BCUT2D eigenvalue weighted by Gasteiger charge is -1.99. The third kappa shape index (κ3) is 3.65. The zero-order chi connectivity index (χ0) is 13.5. The first kappa shape index (κ1) is 12.8. The Balaban J connectivity index is 1.92. The van der Waals surface area contributed by atoms with Crippen molar-refractivity contribution in [1.29, 1.82) is 0 Å². The summed E-state index contributed by atoms with van der Waals surface area (Å²) in [4.78, 5) is 15.5. The molecule has 94 valence electrons. The first-order chi connectivity index (χ1) is 9.27. The number of nitrogens with one attached hydrogen (secondary N) is 1. The van der Waals surface area contributed by atoms with E-state index in [0.717, 1.165) is 0 Å². The molecule has 4 heteroatoms. The van der Waals surface area contributed by atoms with Crippen LogP contribution in [-0.2, 0) is 0 Å². The minimum atomic E-state index is -0.365. The largest absolute Gasteiger partial charge is 0.341 e. The number of pyridine rings is 1. The molecule has 1 heterocycles. The van der Waals surface area contributed by atoms with E-state index in [1.807, 2.05) is 0 Å². The van der Waals surface area contributed by atoms with Crippen molar-refractivity contribution in [3.63, 3.8) is 0 Å². The molecule has 0 saturated heterocycles. The van der Waals surface area contributed by atoms with Gasteiger partial charge in [-0.3, -0.25) is 9.78 Å². The lowest BCUT2D eigenvalue weighted by Crippen LogP contribution is -2.23. The molecule has 0 atom stereocenters.